The van der Waals surface area contributed by atoms with Crippen molar-refractivity contribution in [3.8, 4) is 0 Å². The van der Waals surface area contributed by atoms with Gasteiger partial charge < -0.3 is 4.74 Å². The van der Waals surface area contributed by atoms with Gasteiger partial charge in [-0.25, -0.2) is 0 Å². The fourth-order valence-corrected chi connectivity index (χ4v) is 2.67. The van der Waals surface area contributed by atoms with E-state index in [1.807, 2.05) is 6.07 Å². The van der Waals surface area contributed by atoms with E-state index in [-0.39, 0.29) is 16.7 Å². The van der Waals surface area contributed by atoms with Crippen LogP contribution >= 0.6 is 15.9 Å². The molecule has 1 aliphatic rings. The summed E-state index contributed by atoms with van der Waals surface area (Å²) in [7, 11) is 0. The van der Waals surface area contributed by atoms with Gasteiger partial charge in [0, 0.05) is 32.3 Å². The molecule has 0 saturated carbocycles. The van der Waals surface area contributed by atoms with Gasteiger partial charge in [-0.3, -0.25) is 15.0 Å². The summed E-state index contributed by atoms with van der Waals surface area (Å²) in [6.45, 7) is 5.40. The number of rotatable bonds is 3. The van der Waals surface area contributed by atoms with E-state index < -0.39 is 0 Å². The molecule has 2 rings (SSSR count). The zero-order chi connectivity index (χ0) is 13.8. The molecular weight excluding hydrogens is 312 g/mol. The van der Waals surface area contributed by atoms with E-state index in [4.69, 9.17) is 4.74 Å². The van der Waals surface area contributed by atoms with Gasteiger partial charge in [0.25, 0.3) is 5.69 Å². The van der Waals surface area contributed by atoms with Crippen molar-refractivity contribution in [1.29, 1.82) is 0 Å². The summed E-state index contributed by atoms with van der Waals surface area (Å²) < 4.78 is 6.12. The molecule has 1 aromatic rings. The van der Waals surface area contributed by atoms with Gasteiger partial charge in [-0.05, 0) is 40.9 Å². The maximum absolute atomic E-state index is 10.9. The minimum atomic E-state index is -0.359. The zero-order valence-corrected chi connectivity index (χ0v) is 12.4. The Morgan fingerprint density at radius 2 is 2.37 bits per heavy atom. The number of nitro groups is 1. The van der Waals surface area contributed by atoms with E-state index in [2.05, 4.69) is 27.8 Å². The molecule has 0 aromatic heterocycles. The van der Waals surface area contributed by atoms with E-state index in [1.165, 1.54) is 0 Å². The minimum Gasteiger partial charge on any atom is -0.377 e. The van der Waals surface area contributed by atoms with Gasteiger partial charge >= 0.3 is 0 Å². The first-order valence-corrected chi connectivity index (χ1v) is 7.12. The smallest absolute Gasteiger partial charge is 0.283 e. The van der Waals surface area contributed by atoms with E-state index in [9.17, 15) is 10.1 Å². The van der Waals surface area contributed by atoms with E-state index in [0.29, 0.717) is 4.47 Å². The van der Waals surface area contributed by atoms with Crippen molar-refractivity contribution >= 4 is 21.6 Å². The molecule has 1 aliphatic heterocycles. The molecule has 0 radical (unpaired) electrons. The average Bonchev–Trinajstić information content (AvgIpc) is 2.56. The van der Waals surface area contributed by atoms with Gasteiger partial charge in [0.2, 0.25) is 0 Å². The lowest BCUT2D eigenvalue weighted by molar-refractivity contribution is -0.385. The van der Waals surface area contributed by atoms with Gasteiger partial charge in [-0.1, -0.05) is 6.07 Å². The Balaban J connectivity index is 2.10. The van der Waals surface area contributed by atoms with Crippen molar-refractivity contribution in [2.24, 2.45) is 0 Å². The molecule has 1 aromatic carbocycles. The molecule has 19 heavy (non-hydrogen) atoms. The highest BCUT2D eigenvalue weighted by Crippen LogP contribution is 2.26. The zero-order valence-electron chi connectivity index (χ0n) is 10.8. The average molecular weight is 329 g/mol. The normalized spacial score (nSPS) is 21.1. The maximum Gasteiger partial charge on any atom is 0.283 e. The van der Waals surface area contributed by atoms with Crippen LogP contribution in [0.15, 0.2) is 22.7 Å². The second-order valence-corrected chi connectivity index (χ2v) is 5.67. The summed E-state index contributed by atoms with van der Waals surface area (Å²) >= 11 is 3.20. The first kappa shape index (κ1) is 14.4. The molecular formula is C13H17BrN2O3. The molecule has 1 atom stereocenters. The summed E-state index contributed by atoms with van der Waals surface area (Å²) in [5.41, 5.74) is 1.08. The lowest BCUT2D eigenvalue weighted by atomic mass is 10.2. The third-order valence-corrected chi connectivity index (χ3v) is 3.82. The minimum absolute atomic E-state index is 0.122. The van der Waals surface area contributed by atoms with Crippen molar-refractivity contribution < 1.29 is 9.66 Å². The van der Waals surface area contributed by atoms with Crippen LogP contribution in [0.3, 0.4) is 0 Å². The van der Waals surface area contributed by atoms with Crippen molar-refractivity contribution in [3.63, 3.8) is 0 Å². The topological polar surface area (TPSA) is 55.6 Å². The van der Waals surface area contributed by atoms with Gasteiger partial charge in [-0.2, -0.15) is 0 Å². The molecule has 104 valence electrons. The van der Waals surface area contributed by atoms with Gasteiger partial charge in [-0.15, -0.1) is 0 Å². The van der Waals surface area contributed by atoms with Crippen molar-refractivity contribution in [2.45, 2.75) is 26.0 Å². The third kappa shape index (κ3) is 3.99. The van der Waals surface area contributed by atoms with Crippen LogP contribution in [0, 0.1) is 10.1 Å². The second kappa shape index (κ2) is 6.45. The Bertz CT molecular complexity index is 467. The van der Waals surface area contributed by atoms with Crippen LogP contribution in [0.2, 0.25) is 0 Å². The van der Waals surface area contributed by atoms with E-state index >= 15 is 0 Å². The fraction of sp³-hybridized carbons (Fsp3) is 0.538. The van der Waals surface area contributed by atoms with Crippen LogP contribution < -0.4 is 0 Å². The molecule has 1 fully saturated rings. The monoisotopic (exact) mass is 328 g/mol. The molecule has 0 bridgehead atoms. The van der Waals surface area contributed by atoms with Gasteiger partial charge in [0.1, 0.15) is 0 Å². The van der Waals surface area contributed by atoms with E-state index in [0.717, 1.165) is 38.2 Å². The van der Waals surface area contributed by atoms with Crippen LogP contribution in [0.1, 0.15) is 18.9 Å². The number of hydrogen-bond acceptors (Lipinski definition) is 4. The van der Waals surface area contributed by atoms with Crippen molar-refractivity contribution in [1.82, 2.24) is 4.90 Å². The SMILES string of the molecule is CC1CN(Cc2ccc(Br)c([N+](=O)[O-])c2)CCCO1. The van der Waals surface area contributed by atoms with Crippen LogP contribution in [0.25, 0.3) is 0 Å². The van der Waals surface area contributed by atoms with Gasteiger partial charge in [0.05, 0.1) is 15.5 Å². The first-order valence-electron chi connectivity index (χ1n) is 6.33. The lowest BCUT2D eigenvalue weighted by Crippen LogP contribution is -2.29. The summed E-state index contributed by atoms with van der Waals surface area (Å²) in [4.78, 5) is 12.8. The molecule has 1 heterocycles. The van der Waals surface area contributed by atoms with Crippen LogP contribution in [0.5, 0.6) is 0 Å². The highest BCUT2D eigenvalue weighted by atomic mass is 79.9. The highest BCUT2D eigenvalue weighted by molar-refractivity contribution is 9.10. The highest BCUT2D eigenvalue weighted by Gasteiger charge is 2.17. The molecule has 0 N–H and O–H groups in total. The predicted molar refractivity (Wildman–Crippen MR) is 76.1 cm³/mol. The first-order chi connectivity index (χ1) is 9.06. The third-order valence-electron chi connectivity index (χ3n) is 3.15. The standard InChI is InChI=1S/C13H17BrN2O3/c1-10-8-15(5-2-6-19-10)9-11-3-4-12(14)13(7-11)16(17)18/h3-4,7,10H,2,5-6,8-9H2,1H3. The summed E-state index contributed by atoms with van der Waals surface area (Å²) in [5, 5.41) is 10.9. The Morgan fingerprint density at radius 3 is 3.11 bits per heavy atom. The predicted octanol–water partition coefficient (Wildman–Crippen LogP) is 2.97. The molecule has 0 aliphatic carbocycles. The Labute approximate surface area is 120 Å². The number of nitrogens with zero attached hydrogens (tertiary/aromatic N) is 2. The van der Waals surface area contributed by atoms with E-state index in [1.54, 1.807) is 12.1 Å². The van der Waals surface area contributed by atoms with Crippen LogP contribution in [-0.4, -0.2) is 35.6 Å². The largest absolute Gasteiger partial charge is 0.377 e. The second-order valence-electron chi connectivity index (χ2n) is 4.81. The molecule has 5 nitrogen and oxygen atoms in total. The number of halogens is 1. The Morgan fingerprint density at radius 1 is 1.58 bits per heavy atom. The molecule has 0 amide bonds. The van der Waals surface area contributed by atoms with Crippen molar-refractivity contribution in [2.75, 3.05) is 19.7 Å². The number of ether oxygens (including phenoxy) is 1. The molecule has 1 saturated heterocycles. The number of nitro benzene ring substituents is 1. The van der Waals surface area contributed by atoms with Crippen LogP contribution in [-0.2, 0) is 11.3 Å². The number of hydrogen-bond donors (Lipinski definition) is 0. The molecule has 1 unspecified atom stereocenters. The summed E-state index contributed by atoms with van der Waals surface area (Å²) in [6.07, 6.45) is 1.22. The number of benzene rings is 1. The Hall–Kier alpha value is -0.980. The maximum atomic E-state index is 10.9. The Kier molecular flexibility index (Phi) is 4.90. The lowest BCUT2D eigenvalue weighted by Gasteiger charge is -2.21. The van der Waals surface area contributed by atoms with Crippen molar-refractivity contribution in [3.05, 3.63) is 38.3 Å². The molecule has 0 spiro atoms. The van der Waals surface area contributed by atoms with Gasteiger partial charge in [0.15, 0.2) is 0 Å². The fourth-order valence-electron chi connectivity index (χ4n) is 2.28. The summed E-state index contributed by atoms with van der Waals surface area (Å²) in [6, 6.07) is 5.30. The van der Waals surface area contributed by atoms with Crippen LogP contribution in [0.4, 0.5) is 5.69 Å². The molecule has 6 heteroatoms. The quantitative estimate of drug-likeness (QED) is 0.632. The summed E-state index contributed by atoms with van der Waals surface area (Å²) in [5.74, 6) is 0.